The first kappa shape index (κ1) is 10.4. The molecule has 4 N–H and O–H groups in total. The molecule has 7 heteroatoms. The summed E-state index contributed by atoms with van der Waals surface area (Å²) in [5.41, 5.74) is 0.614. The summed E-state index contributed by atoms with van der Waals surface area (Å²) in [6.07, 6.45) is 0. The fourth-order valence-electron chi connectivity index (χ4n) is 1.29. The van der Waals surface area contributed by atoms with E-state index in [4.69, 9.17) is 0 Å². The number of benzene rings is 1. The van der Waals surface area contributed by atoms with Crippen LogP contribution in [0.2, 0.25) is 0 Å². The maximum Gasteiger partial charge on any atom is 0.188 e. The van der Waals surface area contributed by atoms with Crippen molar-refractivity contribution in [3.8, 4) is 11.5 Å². The third-order valence-corrected chi connectivity index (χ3v) is 2.09. The molecular weight excluding hydrogens is 210 g/mol. The van der Waals surface area contributed by atoms with Gasteiger partial charge in [0, 0.05) is 12.1 Å². The minimum absolute atomic E-state index is 0.108. The average molecular weight is 221 g/mol. The number of hydrogen-bond acceptors (Lipinski definition) is 6. The largest absolute Gasteiger partial charge is 0.504 e. The van der Waals surface area contributed by atoms with E-state index in [2.05, 4.69) is 25.9 Å². The molecule has 0 unspecified atom stereocenters. The van der Waals surface area contributed by atoms with Crippen LogP contribution in [0, 0.1) is 0 Å². The molecule has 2 rings (SSSR count). The molecule has 0 aliphatic carbocycles. The number of hydrogen-bond donors (Lipinski definition) is 4. The van der Waals surface area contributed by atoms with Gasteiger partial charge in [-0.2, -0.15) is 5.21 Å². The van der Waals surface area contributed by atoms with E-state index < -0.39 is 0 Å². The third-order valence-electron chi connectivity index (χ3n) is 2.09. The van der Waals surface area contributed by atoms with Gasteiger partial charge < -0.3 is 15.5 Å². The minimum Gasteiger partial charge on any atom is -0.504 e. The molecule has 0 amide bonds. The molecule has 2 aromatic rings. The molecule has 0 fully saturated rings. The number of tetrazole rings is 1. The molecule has 0 atom stereocenters. The zero-order chi connectivity index (χ0) is 11.4. The summed E-state index contributed by atoms with van der Waals surface area (Å²) < 4.78 is 0. The van der Waals surface area contributed by atoms with Gasteiger partial charge in [-0.25, -0.2) is 0 Å². The van der Waals surface area contributed by atoms with Crippen molar-refractivity contribution in [1.82, 2.24) is 25.9 Å². The van der Waals surface area contributed by atoms with E-state index in [1.165, 1.54) is 6.07 Å². The highest BCUT2D eigenvalue weighted by Crippen LogP contribution is 2.27. The molecule has 0 spiro atoms. The summed E-state index contributed by atoms with van der Waals surface area (Å²) in [6.45, 7) is 0.848. The molecule has 0 radical (unpaired) electrons. The molecule has 0 aliphatic heterocycles. The Hall–Kier alpha value is -2.15. The molecule has 0 saturated carbocycles. The number of aromatic amines is 1. The zero-order valence-electron chi connectivity index (χ0n) is 8.38. The van der Waals surface area contributed by atoms with E-state index in [9.17, 15) is 10.2 Å². The van der Waals surface area contributed by atoms with Gasteiger partial charge in [0.25, 0.3) is 0 Å². The van der Waals surface area contributed by atoms with Crippen LogP contribution in [0.5, 0.6) is 11.5 Å². The Morgan fingerprint density at radius 2 is 2.12 bits per heavy atom. The number of para-hydroxylation sites is 1. The maximum atomic E-state index is 9.51. The van der Waals surface area contributed by atoms with Gasteiger partial charge >= 0.3 is 0 Å². The molecule has 84 valence electrons. The number of nitrogens with one attached hydrogen (secondary N) is 2. The van der Waals surface area contributed by atoms with Gasteiger partial charge in [-0.05, 0) is 6.07 Å². The topological polar surface area (TPSA) is 107 Å². The number of aromatic hydroxyl groups is 2. The first-order chi connectivity index (χ1) is 7.77. The lowest BCUT2D eigenvalue weighted by Crippen LogP contribution is -2.13. The normalized spacial score (nSPS) is 10.5. The van der Waals surface area contributed by atoms with Crippen molar-refractivity contribution in [2.75, 3.05) is 0 Å². The molecule has 16 heavy (non-hydrogen) atoms. The van der Waals surface area contributed by atoms with Gasteiger partial charge in [0.1, 0.15) is 0 Å². The zero-order valence-corrected chi connectivity index (χ0v) is 8.38. The SMILES string of the molecule is Oc1cccc(CNCc2nn[nH]n2)c1O. The van der Waals surface area contributed by atoms with Crippen LogP contribution in [-0.2, 0) is 13.1 Å². The van der Waals surface area contributed by atoms with Gasteiger partial charge in [0.2, 0.25) is 0 Å². The van der Waals surface area contributed by atoms with Crippen LogP contribution < -0.4 is 5.32 Å². The van der Waals surface area contributed by atoms with Gasteiger partial charge in [-0.15, -0.1) is 10.2 Å². The molecule has 1 aromatic heterocycles. The number of phenols is 2. The van der Waals surface area contributed by atoms with Crippen molar-refractivity contribution in [1.29, 1.82) is 0 Å². The number of rotatable bonds is 4. The second-order valence-electron chi connectivity index (χ2n) is 3.22. The van der Waals surface area contributed by atoms with E-state index in [1.807, 2.05) is 0 Å². The van der Waals surface area contributed by atoms with Gasteiger partial charge in [0.05, 0.1) is 6.54 Å². The van der Waals surface area contributed by atoms with E-state index in [1.54, 1.807) is 12.1 Å². The van der Waals surface area contributed by atoms with Crippen molar-refractivity contribution in [2.24, 2.45) is 0 Å². The van der Waals surface area contributed by atoms with Crippen LogP contribution in [0.3, 0.4) is 0 Å². The highest BCUT2D eigenvalue weighted by molar-refractivity contribution is 5.44. The first-order valence-corrected chi connectivity index (χ1v) is 4.70. The van der Waals surface area contributed by atoms with Crippen LogP contribution in [0.25, 0.3) is 0 Å². The lowest BCUT2D eigenvalue weighted by Gasteiger charge is -2.06. The van der Waals surface area contributed by atoms with Gasteiger partial charge in [-0.3, -0.25) is 0 Å². The maximum absolute atomic E-state index is 9.51. The predicted molar refractivity (Wildman–Crippen MR) is 54.5 cm³/mol. The van der Waals surface area contributed by atoms with E-state index in [0.29, 0.717) is 24.5 Å². The monoisotopic (exact) mass is 221 g/mol. The van der Waals surface area contributed by atoms with E-state index >= 15 is 0 Å². The van der Waals surface area contributed by atoms with Crippen LogP contribution in [0.1, 0.15) is 11.4 Å². The lowest BCUT2D eigenvalue weighted by molar-refractivity contribution is 0.397. The summed E-state index contributed by atoms with van der Waals surface area (Å²) in [4.78, 5) is 0. The standard InChI is InChI=1S/C9H11N5O2/c15-7-3-1-2-6(9(7)16)4-10-5-8-11-13-14-12-8/h1-3,10,15-16H,4-5H2,(H,11,12,13,14). The minimum atomic E-state index is -0.126. The van der Waals surface area contributed by atoms with Crippen molar-refractivity contribution >= 4 is 0 Å². The highest BCUT2D eigenvalue weighted by atomic mass is 16.3. The number of H-pyrrole nitrogens is 1. The van der Waals surface area contributed by atoms with Crippen molar-refractivity contribution < 1.29 is 10.2 Å². The Morgan fingerprint density at radius 1 is 1.25 bits per heavy atom. The summed E-state index contributed by atoms with van der Waals surface area (Å²) in [7, 11) is 0. The predicted octanol–water partition coefficient (Wildman–Crippen LogP) is -0.0993. The number of phenolic OH excluding ortho intramolecular Hbond substituents is 2. The number of aromatic nitrogens is 4. The fraction of sp³-hybridized carbons (Fsp3) is 0.222. The molecule has 0 aliphatic rings. The molecule has 0 saturated heterocycles. The summed E-state index contributed by atoms with van der Waals surface area (Å²) in [5.74, 6) is 0.307. The Bertz CT molecular complexity index is 457. The van der Waals surface area contributed by atoms with Crippen molar-refractivity contribution in [2.45, 2.75) is 13.1 Å². The third kappa shape index (κ3) is 2.26. The van der Waals surface area contributed by atoms with Crippen molar-refractivity contribution in [3.63, 3.8) is 0 Å². The van der Waals surface area contributed by atoms with Crippen LogP contribution in [0.4, 0.5) is 0 Å². The Labute approximate surface area is 91.1 Å². The Morgan fingerprint density at radius 3 is 2.88 bits per heavy atom. The van der Waals surface area contributed by atoms with E-state index in [0.717, 1.165) is 0 Å². The smallest absolute Gasteiger partial charge is 0.188 e. The van der Waals surface area contributed by atoms with Crippen LogP contribution >= 0.6 is 0 Å². The highest BCUT2D eigenvalue weighted by Gasteiger charge is 2.05. The Balaban J connectivity index is 1.92. The van der Waals surface area contributed by atoms with E-state index in [-0.39, 0.29) is 11.5 Å². The van der Waals surface area contributed by atoms with Crippen LogP contribution in [-0.4, -0.2) is 30.8 Å². The van der Waals surface area contributed by atoms with Gasteiger partial charge in [-0.1, -0.05) is 17.3 Å². The van der Waals surface area contributed by atoms with Crippen molar-refractivity contribution in [3.05, 3.63) is 29.6 Å². The quantitative estimate of drug-likeness (QED) is 0.537. The molecule has 1 aromatic carbocycles. The van der Waals surface area contributed by atoms with Gasteiger partial charge in [0.15, 0.2) is 17.3 Å². The summed E-state index contributed by atoms with van der Waals surface area (Å²) in [6, 6.07) is 4.82. The summed E-state index contributed by atoms with van der Waals surface area (Å²) >= 11 is 0. The molecule has 1 heterocycles. The summed E-state index contributed by atoms with van der Waals surface area (Å²) in [5, 5.41) is 35.1. The second-order valence-corrected chi connectivity index (χ2v) is 3.22. The second kappa shape index (κ2) is 4.58. The average Bonchev–Trinajstić information content (AvgIpc) is 2.77. The first-order valence-electron chi connectivity index (χ1n) is 4.70. The molecule has 0 bridgehead atoms. The fourth-order valence-corrected chi connectivity index (χ4v) is 1.29. The number of nitrogens with zero attached hydrogens (tertiary/aromatic N) is 3. The molecule has 7 nitrogen and oxygen atoms in total. The Kier molecular flexibility index (Phi) is 2.97. The molecular formula is C9H11N5O2. The lowest BCUT2D eigenvalue weighted by atomic mass is 10.2. The van der Waals surface area contributed by atoms with Crippen LogP contribution in [0.15, 0.2) is 18.2 Å².